The third kappa shape index (κ3) is 9.68. The van der Waals surface area contributed by atoms with Crippen molar-refractivity contribution in [2.75, 3.05) is 0 Å². The summed E-state index contributed by atoms with van der Waals surface area (Å²) in [5.41, 5.74) is 0.847. The molecule has 1 aromatic rings. The van der Waals surface area contributed by atoms with E-state index >= 15 is 0 Å². The summed E-state index contributed by atoms with van der Waals surface area (Å²) in [7, 11) is 1.86. The van der Waals surface area contributed by atoms with Crippen LogP contribution in [0.3, 0.4) is 0 Å². The molecule has 138 valence electrons. The second-order valence-corrected chi connectivity index (χ2v) is 9.22. The zero-order valence-electron chi connectivity index (χ0n) is 15.1. The minimum atomic E-state index is -3.63. The summed E-state index contributed by atoms with van der Waals surface area (Å²) in [6, 6.07) is 7.06. The first-order chi connectivity index (χ1) is 11.6. The topological polar surface area (TPSA) is 34.1 Å². The van der Waals surface area contributed by atoms with Crippen LogP contribution in [0.15, 0.2) is 29.2 Å². The Balaban J connectivity index is 2.05. The molecule has 0 fully saturated rings. The van der Waals surface area contributed by atoms with Crippen molar-refractivity contribution in [2.24, 2.45) is 0 Å². The molecule has 1 rings (SSSR count). The van der Waals surface area contributed by atoms with Gasteiger partial charge in [-0.05, 0) is 24.5 Å². The molecule has 1 aromatic carbocycles. The summed E-state index contributed by atoms with van der Waals surface area (Å²) in [6.45, 7) is 2.26. The van der Waals surface area contributed by atoms with E-state index in [4.69, 9.17) is 10.7 Å². The molecule has 0 unspecified atom stereocenters. The van der Waals surface area contributed by atoms with Crippen molar-refractivity contribution in [1.82, 2.24) is 0 Å². The van der Waals surface area contributed by atoms with Gasteiger partial charge in [-0.2, -0.15) is 0 Å². The fourth-order valence-corrected chi connectivity index (χ4v) is 4.28. The third-order valence-corrected chi connectivity index (χ3v) is 5.96. The van der Waals surface area contributed by atoms with Crippen molar-refractivity contribution in [3.8, 4) is 0 Å². The van der Waals surface area contributed by atoms with E-state index in [0.29, 0.717) is 0 Å². The lowest BCUT2D eigenvalue weighted by atomic mass is 10.0. The predicted molar refractivity (Wildman–Crippen MR) is 104 cm³/mol. The molecule has 0 atom stereocenters. The standard InChI is InChI=1S/C20H33ClO2S/c1-2-3-4-5-6-7-8-9-10-11-12-13-16-19-17-14-15-18-20(19)24(21,22)23/h14-15,17-18H,2-13,16H2,1H3. The van der Waals surface area contributed by atoms with Gasteiger partial charge in [-0.25, -0.2) is 8.42 Å². The lowest BCUT2D eigenvalue weighted by Crippen LogP contribution is -1.98. The molecular weight excluding hydrogens is 340 g/mol. The highest BCUT2D eigenvalue weighted by molar-refractivity contribution is 8.13. The molecule has 0 N–H and O–H groups in total. The second kappa shape index (κ2) is 12.8. The van der Waals surface area contributed by atoms with E-state index in [2.05, 4.69) is 6.92 Å². The van der Waals surface area contributed by atoms with Crippen molar-refractivity contribution in [3.05, 3.63) is 29.8 Å². The first kappa shape index (κ1) is 21.5. The molecule has 0 aliphatic carbocycles. The minimum absolute atomic E-state index is 0.273. The van der Waals surface area contributed by atoms with Crippen LogP contribution in [0.1, 0.15) is 89.5 Å². The number of hydrogen-bond acceptors (Lipinski definition) is 2. The lowest BCUT2D eigenvalue weighted by molar-refractivity contribution is 0.543. The Labute approximate surface area is 153 Å². The van der Waals surface area contributed by atoms with Gasteiger partial charge in [0.15, 0.2) is 0 Å². The van der Waals surface area contributed by atoms with Crippen molar-refractivity contribution in [1.29, 1.82) is 0 Å². The Kier molecular flexibility index (Phi) is 11.4. The van der Waals surface area contributed by atoms with Crippen LogP contribution in [-0.2, 0) is 15.5 Å². The number of halogens is 1. The summed E-state index contributed by atoms with van der Waals surface area (Å²) in [5.74, 6) is 0. The van der Waals surface area contributed by atoms with Crippen LogP contribution in [0.2, 0.25) is 0 Å². The normalized spacial score (nSPS) is 11.8. The van der Waals surface area contributed by atoms with Gasteiger partial charge in [-0.1, -0.05) is 95.8 Å². The molecule has 2 nitrogen and oxygen atoms in total. The molecule has 24 heavy (non-hydrogen) atoms. The number of unbranched alkanes of at least 4 members (excludes halogenated alkanes) is 11. The van der Waals surface area contributed by atoms with Crippen molar-refractivity contribution in [3.63, 3.8) is 0 Å². The summed E-state index contributed by atoms with van der Waals surface area (Å²) in [4.78, 5) is 0.273. The van der Waals surface area contributed by atoms with Gasteiger partial charge in [0.1, 0.15) is 0 Å². The van der Waals surface area contributed by atoms with Crippen molar-refractivity contribution in [2.45, 2.75) is 95.3 Å². The summed E-state index contributed by atoms with van der Waals surface area (Å²) in [6.07, 6.45) is 16.5. The minimum Gasteiger partial charge on any atom is -0.207 e. The van der Waals surface area contributed by atoms with Crippen LogP contribution in [-0.4, -0.2) is 8.42 Å². The largest absolute Gasteiger partial charge is 0.261 e. The Hall–Kier alpha value is -0.540. The van der Waals surface area contributed by atoms with E-state index in [9.17, 15) is 8.42 Å². The van der Waals surface area contributed by atoms with E-state index in [1.165, 1.54) is 64.2 Å². The smallest absolute Gasteiger partial charge is 0.207 e. The zero-order chi connectivity index (χ0) is 17.7. The fraction of sp³-hybridized carbons (Fsp3) is 0.700. The van der Waals surface area contributed by atoms with E-state index in [1.807, 2.05) is 12.1 Å². The molecule has 0 saturated carbocycles. The highest BCUT2D eigenvalue weighted by Crippen LogP contribution is 2.22. The van der Waals surface area contributed by atoms with Gasteiger partial charge >= 0.3 is 0 Å². The maximum absolute atomic E-state index is 11.5. The average molecular weight is 373 g/mol. The Morgan fingerprint density at radius 3 is 1.71 bits per heavy atom. The first-order valence-electron chi connectivity index (χ1n) is 9.58. The maximum atomic E-state index is 11.5. The summed E-state index contributed by atoms with van der Waals surface area (Å²) < 4.78 is 23.1. The molecule has 0 amide bonds. The Bertz CT molecular complexity index is 540. The molecule has 0 aromatic heterocycles. The monoisotopic (exact) mass is 372 g/mol. The van der Waals surface area contributed by atoms with Crippen LogP contribution < -0.4 is 0 Å². The molecule has 0 radical (unpaired) electrons. The van der Waals surface area contributed by atoms with Crippen LogP contribution >= 0.6 is 10.7 Å². The summed E-state index contributed by atoms with van der Waals surface area (Å²) >= 11 is 0. The molecule has 0 aliphatic heterocycles. The SMILES string of the molecule is CCCCCCCCCCCCCCc1ccccc1S(=O)(=O)Cl. The van der Waals surface area contributed by atoms with Gasteiger partial charge < -0.3 is 0 Å². The summed E-state index contributed by atoms with van der Waals surface area (Å²) in [5, 5.41) is 0. The lowest BCUT2D eigenvalue weighted by Gasteiger charge is -2.06. The number of aryl methyl sites for hydroxylation is 1. The van der Waals surface area contributed by atoms with Gasteiger partial charge in [0.2, 0.25) is 0 Å². The van der Waals surface area contributed by atoms with Gasteiger partial charge in [-0.15, -0.1) is 0 Å². The van der Waals surface area contributed by atoms with Gasteiger partial charge in [0.25, 0.3) is 9.05 Å². The third-order valence-electron chi connectivity index (χ3n) is 4.53. The van der Waals surface area contributed by atoms with E-state index in [-0.39, 0.29) is 4.90 Å². The van der Waals surface area contributed by atoms with Crippen LogP contribution in [0.5, 0.6) is 0 Å². The zero-order valence-corrected chi connectivity index (χ0v) is 16.7. The second-order valence-electron chi connectivity index (χ2n) is 6.68. The molecule has 0 aliphatic rings. The quantitative estimate of drug-likeness (QED) is 0.264. The number of hydrogen-bond donors (Lipinski definition) is 0. The molecule has 0 heterocycles. The predicted octanol–water partition coefficient (Wildman–Crippen LogP) is 6.86. The Morgan fingerprint density at radius 2 is 1.21 bits per heavy atom. The average Bonchev–Trinajstić information content (AvgIpc) is 2.55. The first-order valence-corrected chi connectivity index (χ1v) is 11.9. The van der Waals surface area contributed by atoms with Crippen LogP contribution in [0, 0.1) is 0 Å². The molecule has 0 bridgehead atoms. The van der Waals surface area contributed by atoms with Gasteiger partial charge in [-0.3, -0.25) is 0 Å². The van der Waals surface area contributed by atoms with E-state index < -0.39 is 9.05 Å². The highest BCUT2D eigenvalue weighted by Gasteiger charge is 2.14. The van der Waals surface area contributed by atoms with E-state index in [1.54, 1.807) is 12.1 Å². The fourth-order valence-electron chi connectivity index (χ4n) is 3.10. The molecule has 0 saturated heterocycles. The van der Waals surface area contributed by atoms with E-state index in [0.717, 1.165) is 24.8 Å². The van der Waals surface area contributed by atoms with Crippen molar-refractivity contribution >= 4 is 19.7 Å². The van der Waals surface area contributed by atoms with Gasteiger partial charge in [0.05, 0.1) is 4.90 Å². The number of benzene rings is 1. The van der Waals surface area contributed by atoms with Crippen molar-refractivity contribution < 1.29 is 8.42 Å². The van der Waals surface area contributed by atoms with Crippen LogP contribution in [0.4, 0.5) is 0 Å². The molecule has 0 spiro atoms. The molecular formula is C20H33ClO2S. The molecule has 4 heteroatoms. The van der Waals surface area contributed by atoms with Gasteiger partial charge in [0, 0.05) is 10.7 Å². The highest BCUT2D eigenvalue weighted by atomic mass is 35.7. The Morgan fingerprint density at radius 1 is 0.750 bits per heavy atom. The maximum Gasteiger partial charge on any atom is 0.261 e. The number of rotatable bonds is 14. The van der Waals surface area contributed by atoms with Crippen LogP contribution in [0.25, 0.3) is 0 Å².